The van der Waals surface area contributed by atoms with Gasteiger partial charge in [-0.05, 0) is 44.8 Å². The Morgan fingerprint density at radius 3 is 2.72 bits per heavy atom. The SMILES string of the molecule is Cc1cnc(CNC(=O)c2cc(Br)sc2Br)cn1. The summed E-state index contributed by atoms with van der Waals surface area (Å²) in [7, 11) is 0. The molecule has 2 aromatic rings. The summed E-state index contributed by atoms with van der Waals surface area (Å²) in [5, 5.41) is 2.80. The van der Waals surface area contributed by atoms with Crippen molar-refractivity contribution in [3.05, 3.63) is 43.0 Å². The largest absolute Gasteiger partial charge is 0.346 e. The van der Waals surface area contributed by atoms with E-state index < -0.39 is 0 Å². The van der Waals surface area contributed by atoms with E-state index in [9.17, 15) is 4.79 Å². The molecule has 0 saturated heterocycles. The second kappa shape index (κ2) is 5.90. The lowest BCUT2D eigenvalue weighted by atomic mass is 10.3. The van der Waals surface area contributed by atoms with Crippen molar-refractivity contribution in [1.29, 1.82) is 0 Å². The van der Waals surface area contributed by atoms with E-state index in [2.05, 4.69) is 47.1 Å². The minimum absolute atomic E-state index is 0.133. The average molecular weight is 391 g/mol. The summed E-state index contributed by atoms with van der Waals surface area (Å²) in [6, 6.07) is 1.78. The summed E-state index contributed by atoms with van der Waals surface area (Å²) < 4.78 is 1.72. The average Bonchev–Trinajstić information content (AvgIpc) is 2.67. The van der Waals surface area contributed by atoms with Gasteiger partial charge in [0.1, 0.15) is 0 Å². The van der Waals surface area contributed by atoms with Crippen LogP contribution in [0.1, 0.15) is 21.7 Å². The quantitative estimate of drug-likeness (QED) is 0.874. The van der Waals surface area contributed by atoms with Crippen molar-refractivity contribution in [1.82, 2.24) is 15.3 Å². The van der Waals surface area contributed by atoms with Crippen LogP contribution < -0.4 is 5.32 Å². The molecule has 0 aliphatic carbocycles. The number of aromatic nitrogens is 2. The Bertz CT molecular complexity index is 568. The molecule has 0 fully saturated rings. The molecule has 0 radical (unpaired) electrons. The maximum Gasteiger partial charge on any atom is 0.253 e. The maximum absolute atomic E-state index is 11.9. The number of aryl methyl sites for hydroxylation is 1. The Morgan fingerprint density at radius 2 is 2.17 bits per heavy atom. The van der Waals surface area contributed by atoms with Crippen molar-refractivity contribution in [2.24, 2.45) is 0 Å². The maximum atomic E-state index is 11.9. The van der Waals surface area contributed by atoms with Gasteiger partial charge in [0.15, 0.2) is 0 Å². The van der Waals surface area contributed by atoms with Crippen LogP contribution in [0.15, 0.2) is 26.0 Å². The highest BCUT2D eigenvalue weighted by atomic mass is 79.9. The number of nitrogens with zero attached hydrogens (tertiary/aromatic N) is 2. The van der Waals surface area contributed by atoms with E-state index in [-0.39, 0.29) is 5.91 Å². The van der Waals surface area contributed by atoms with Gasteiger partial charge in [-0.25, -0.2) is 0 Å². The molecule has 0 saturated carbocycles. The van der Waals surface area contributed by atoms with Crippen molar-refractivity contribution in [3.8, 4) is 0 Å². The molecule has 0 aliphatic rings. The Hall–Kier alpha value is -0.790. The van der Waals surface area contributed by atoms with Crippen molar-refractivity contribution >= 4 is 49.1 Å². The molecule has 94 valence electrons. The fourth-order valence-electron chi connectivity index (χ4n) is 1.27. The third kappa shape index (κ3) is 3.37. The molecule has 2 heterocycles. The smallest absolute Gasteiger partial charge is 0.253 e. The summed E-state index contributed by atoms with van der Waals surface area (Å²) in [6.45, 7) is 2.24. The first-order valence-corrected chi connectivity index (χ1v) is 7.47. The van der Waals surface area contributed by atoms with Crippen LogP contribution in [0.4, 0.5) is 0 Å². The zero-order valence-electron chi connectivity index (χ0n) is 9.41. The zero-order valence-corrected chi connectivity index (χ0v) is 13.4. The molecule has 0 atom stereocenters. The van der Waals surface area contributed by atoms with E-state index >= 15 is 0 Å². The second-order valence-corrected chi connectivity index (χ2v) is 7.32. The van der Waals surface area contributed by atoms with Gasteiger partial charge >= 0.3 is 0 Å². The summed E-state index contributed by atoms with van der Waals surface area (Å²) in [4.78, 5) is 20.2. The topological polar surface area (TPSA) is 54.9 Å². The Morgan fingerprint density at radius 1 is 1.39 bits per heavy atom. The molecule has 0 aliphatic heterocycles. The summed E-state index contributed by atoms with van der Waals surface area (Å²) in [5.74, 6) is -0.133. The van der Waals surface area contributed by atoms with Crippen LogP contribution in [0.5, 0.6) is 0 Å². The molecule has 1 amide bonds. The standard InChI is InChI=1S/C11H9Br2N3OS/c1-6-3-15-7(4-14-6)5-16-11(17)8-2-9(12)18-10(8)13/h2-4H,5H2,1H3,(H,16,17). The molecular weight excluding hydrogens is 382 g/mol. The number of halogens is 2. The minimum atomic E-state index is -0.133. The Kier molecular flexibility index (Phi) is 4.47. The molecule has 4 nitrogen and oxygen atoms in total. The van der Waals surface area contributed by atoms with Crippen molar-refractivity contribution in [3.63, 3.8) is 0 Å². The number of hydrogen-bond acceptors (Lipinski definition) is 4. The molecule has 2 rings (SSSR count). The lowest BCUT2D eigenvalue weighted by molar-refractivity contribution is 0.0950. The molecule has 7 heteroatoms. The number of nitrogens with one attached hydrogen (secondary N) is 1. The van der Waals surface area contributed by atoms with Gasteiger partial charge in [-0.1, -0.05) is 0 Å². The fourth-order valence-corrected chi connectivity index (χ4v) is 4.07. The summed E-state index contributed by atoms with van der Waals surface area (Å²) in [5.41, 5.74) is 2.21. The first kappa shape index (κ1) is 13.6. The van der Waals surface area contributed by atoms with Crippen molar-refractivity contribution in [2.75, 3.05) is 0 Å². The van der Waals surface area contributed by atoms with E-state index in [1.807, 2.05) is 6.92 Å². The summed E-state index contributed by atoms with van der Waals surface area (Å²) >= 11 is 8.16. The van der Waals surface area contributed by atoms with Gasteiger partial charge in [0, 0.05) is 6.20 Å². The monoisotopic (exact) mass is 389 g/mol. The first-order chi connectivity index (χ1) is 8.56. The Balaban J connectivity index is 2.00. The third-order valence-electron chi connectivity index (χ3n) is 2.17. The van der Waals surface area contributed by atoms with Gasteiger partial charge < -0.3 is 5.32 Å². The van der Waals surface area contributed by atoms with Crippen LogP contribution in [0, 0.1) is 6.92 Å². The van der Waals surface area contributed by atoms with Crippen molar-refractivity contribution < 1.29 is 4.79 Å². The van der Waals surface area contributed by atoms with Crippen molar-refractivity contribution in [2.45, 2.75) is 13.5 Å². The normalized spacial score (nSPS) is 10.4. The molecule has 0 aromatic carbocycles. The molecule has 0 unspecified atom stereocenters. The number of thiophene rings is 1. The van der Waals surface area contributed by atoms with Gasteiger partial charge in [-0.15, -0.1) is 11.3 Å². The van der Waals surface area contributed by atoms with Crippen LogP contribution in [0.25, 0.3) is 0 Å². The van der Waals surface area contributed by atoms with E-state index in [0.29, 0.717) is 12.1 Å². The van der Waals surface area contributed by atoms with Gasteiger partial charge in [-0.2, -0.15) is 0 Å². The van der Waals surface area contributed by atoms with E-state index in [0.717, 1.165) is 19.0 Å². The van der Waals surface area contributed by atoms with Gasteiger partial charge in [-0.3, -0.25) is 14.8 Å². The van der Waals surface area contributed by atoms with Gasteiger partial charge in [0.25, 0.3) is 5.91 Å². The zero-order chi connectivity index (χ0) is 13.1. The minimum Gasteiger partial charge on any atom is -0.346 e. The molecule has 0 bridgehead atoms. The number of rotatable bonds is 3. The fraction of sp³-hybridized carbons (Fsp3) is 0.182. The van der Waals surface area contributed by atoms with E-state index in [1.165, 1.54) is 11.3 Å². The van der Waals surface area contributed by atoms with Crippen LogP contribution >= 0.6 is 43.2 Å². The molecule has 18 heavy (non-hydrogen) atoms. The first-order valence-electron chi connectivity index (χ1n) is 5.07. The number of amides is 1. The predicted molar refractivity (Wildman–Crippen MR) is 77.7 cm³/mol. The van der Waals surface area contributed by atoms with Crippen LogP contribution in [-0.2, 0) is 6.54 Å². The molecule has 0 spiro atoms. The Labute approximate surface area is 125 Å². The highest BCUT2D eigenvalue weighted by Crippen LogP contribution is 2.31. The lowest BCUT2D eigenvalue weighted by Crippen LogP contribution is -2.23. The van der Waals surface area contributed by atoms with Crippen LogP contribution in [0.2, 0.25) is 0 Å². The van der Waals surface area contributed by atoms with Gasteiger partial charge in [0.05, 0.1) is 37.3 Å². The lowest BCUT2D eigenvalue weighted by Gasteiger charge is -2.03. The molecule has 1 N–H and O–H groups in total. The number of hydrogen-bond donors (Lipinski definition) is 1. The highest BCUT2D eigenvalue weighted by molar-refractivity contribution is 9.12. The summed E-state index contributed by atoms with van der Waals surface area (Å²) in [6.07, 6.45) is 3.34. The van der Waals surface area contributed by atoms with E-state index in [4.69, 9.17) is 0 Å². The van der Waals surface area contributed by atoms with Gasteiger partial charge in [0.2, 0.25) is 0 Å². The van der Waals surface area contributed by atoms with Crippen LogP contribution in [-0.4, -0.2) is 15.9 Å². The molecule has 2 aromatic heterocycles. The molecular formula is C11H9Br2N3OS. The van der Waals surface area contributed by atoms with Crippen LogP contribution in [0.3, 0.4) is 0 Å². The van der Waals surface area contributed by atoms with E-state index in [1.54, 1.807) is 18.5 Å². The second-order valence-electron chi connectivity index (χ2n) is 3.57. The highest BCUT2D eigenvalue weighted by Gasteiger charge is 2.13. The predicted octanol–water partition coefficient (Wildman–Crippen LogP) is 3.30. The number of carbonyl (C=O) groups is 1. The number of carbonyl (C=O) groups excluding carboxylic acids is 1. The third-order valence-corrected chi connectivity index (χ3v) is 4.51.